The third-order valence-electron chi connectivity index (χ3n) is 8.38. The van der Waals surface area contributed by atoms with Crippen molar-refractivity contribution in [1.29, 1.82) is 0 Å². The third kappa shape index (κ3) is 4.60. The molecule has 3 aromatic heterocycles. The maximum Gasteiger partial charge on any atom is 0.166 e. The van der Waals surface area contributed by atoms with Crippen molar-refractivity contribution in [1.82, 2.24) is 19.5 Å². The maximum atomic E-state index is 9.54. The van der Waals surface area contributed by atoms with E-state index in [0.29, 0.717) is 11.1 Å². The predicted octanol–water partition coefficient (Wildman–Crippen LogP) is 11.5. The smallest absolute Gasteiger partial charge is 0.166 e. The summed E-state index contributed by atoms with van der Waals surface area (Å²) < 4.78 is 140. The second-order valence-corrected chi connectivity index (χ2v) is 11.3. The molecular weight excluding hydrogens is 613 g/mol. The summed E-state index contributed by atoms with van der Waals surface area (Å²) in [5.41, 5.74) is 0.397. The summed E-state index contributed by atoms with van der Waals surface area (Å²) in [6.45, 7) is 0. The van der Waals surface area contributed by atoms with E-state index in [1.165, 1.54) is 22.8 Å². The van der Waals surface area contributed by atoms with E-state index < -0.39 is 90.6 Å². The van der Waals surface area contributed by atoms with Gasteiger partial charge in [0.25, 0.3) is 0 Å². The van der Waals surface area contributed by atoms with Crippen molar-refractivity contribution in [2.24, 2.45) is 0 Å². The van der Waals surface area contributed by atoms with Crippen molar-refractivity contribution in [3.05, 3.63) is 169 Å². The molecule has 0 bridgehead atoms. The van der Waals surface area contributed by atoms with E-state index in [-0.39, 0.29) is 83.6 Å². The molecule has 0 fully saturated rings. The van der Waals surface area contributed by atoms with Gasteiger partial charge in [-0.2, -0.15) is 0 Å². The van der Waals surface area contributed by atoms with Gasteiger partial charge in [-0.05, 0) is 53.5 Å². The first-order valence-electron chi connectivity index (χ1n) is 23.0. The molecule has 7 aromatic carbocycles. The number of fused-ring (bicyclic) bond motifs is 6. The fourth-order valence-electron chi connectivity index (χ4n) is 6.10. The minimum absolute atomic E-state index is 0.0284. The summed E-state index contributed by atoms with van der Waals surface area (Å²) in [6.07, 6.45) is 0. The van der Waals surface area contributed by atoms with Gasteiger partial charge in [-0.1, -0.05) is 127 Å². The molecule has 10 aromatic rings. The molecule has 5 heteroatoms. The number of furan rings is 1. The Labute approximate surface area is 308 Å². The van der Waals surface area contributed by atoms with Crippen LogP contribution in [0.3, 0.4) is 0 Å². The van der Waals surface area contributed by atoms with Crippen molar-refractivity contribution in [2.75, 3.05) is 0 Å². The lowest BCUT2D eigenvalue weighted by atomic mass is 9.99. The van der Waals surface area contributed by atoms with Crippen LogP contribution >= 0.6 is 0 Å². The molecule has 0 aliphatic carbocycles. The van der Waals surface area contributed by atoms with Crippen LogP contribution in [0.15, 0.2) is 174 Å². The maximum absolute atomic E-state index is 9.54. The van der Waals surface area contributed by atoms with Crippen LogP contribution in [0.2, 0.25) is 0 Å². The van der Waals surface area contributed by atoms with E-state index in [9.17, 15) is 5.48 Å². The Morgan fingerprint density at radius 2 is 1.02 bits per heavy atom. The van der Waals surface area contributed by atoms with Gasteiger partial charge in [0.1, 0.15) is 11.2 Å². The molecule has 234 valence electrons. The predicted molar refractivity (Wildman–Crippen MR) is 203 cm³/mol. The lowest BCUT2D eigenvalue weighted by Gasteiger charge is -2.16. The Balaban J connectivity index is 1.39. The minimum Gasteiger partial charge on any atom is -0.456 e. The van der Waals surface area contributed by atoms with Crippen LogP contribution in [0.4, 0.5) is 0 Å². The number of hydrogen-bond donors (Lipinski definition) is 0. The van der Waals surface area contributed by atoms with Gasteiger partial charge >= 0.3 is 0 Å². The van der Waals surface area contributed by atoms with Gasteiger partial charge in [0.2, 0.25) is 0 Å². The number of nitrogens with zero attached hydrogens (tertiary/aromatic N) is 4. The first kappa shape index (κ1) is 17.0. The molecule has 0 N–H and O–H groups in total. The van der Waals surface area contributed by atoms with Crippen molar-refractivity contribution >= 4 is 43.7 Å². The van der Waals surface area contributed by atoms with Crippen molar-refractivity contribution in [3.63, 3.8) is 0 Å². The third-order valence-corrected chi connectivity index (χ3v) is 8.38. The highest BCUT2D eigenvalue weighted by molar-refractivity contribution is 6.10. The first-order chi connectivity index (χ1) is 31.0. The average Bonchev–Trinajstić information content (AvgIpc) is 3.91. The summed E-state index contributed by atoms with van der Waals surface area (Å²) in [5.74, 6) is 0.403. The molecule has 0 radical (unpaired) electrons. The molecule has 5 nitrogen and oxygen atoms in total. The van der Waals surface area contributed by atoms with Gasteiger partial charge in [-0.25, -0.2) is 15.0 Å². The summed E-state index contributed by atoms with van der Waals surface area (Å²) in [4.78, 5) is 14.7. The Bertz CT molecular complexity index is 3590. The van der Waals surface area contributed by atoms with Gasteiger partial charge in [0.05, 0.1) is 37.3 Å². The molecule has 0 aliphatic rings. The van der Waals surface area contributed by atoms with Gasteiger partial charge in [-0.3, -0.25) is 0 Å². The van der Waals surface area contributed by atoms with Crippen LogP contribution in [0, 0.1) is 0 Å². The summed E-state index contributed by atoms with van der Waals surface area (Å²) >= 11 is 0. The van der Waals surface area contributed by atoms with Crippen molar-refractivity contribution < 1.29 is 25.0 Å². The van der Waals surface area contributed by atoms with E-state index in [2.05, 4.69) is 0 Å². The molecule has 0 atom stereocenters. The fourth-order valence-corrected chi connectivity index (χ4v) is 6.10. The van der Waals surface area contributed by atoms with Crippen LogP contribution in [-0.2, 0) is 0 Å². The SMILES string of the molecule is [2H]c1c([2H])c([2H])c2c(oc3c([2H])c([2H])c(-c4ccc(-n5c6c([2H])c([2H])c([2H])c([2H])c6c6c([2H])c([2H])c([2H])c([2H])c65)c(-c5nc(-c6ccccc6)nc(-c6ccccc6)n5)c4)c([2H])c32)c1[2H]. The highest BCUT2D eigenvalue weighted by atomic mass is 16.3. The Morgan fingerprint density at radius 3 is 1.68 bits per heavy atom. The van der Waals surface area contributed by atoms with Gasteiger partial charge in [0.15, 0.2) is 17.5 Å². The number of benzene rings is 7. The summed E-state index contributed by atoms with van der Waals surface area (Å²) in [6, 6.07) is 14.2. The molecule has 0 spiro atoms. The lowest BCUT2D eigenvalue weighted by Crippen LogP contribution is -2.04. The van der Waals surface area contributed by atoms with Crippen LogP contribution in [0.5, 0.6) is 0 Å². The second kappa shape index (κ2) is 11.4. The Kier molecular flexibility index (Phi) is 3.87. The first-order valence-corrected chi connectivity index (χ1v) is 15.5. The molecule has 0 saturated heterocycles. The zero-order valence-electron chi connectivity index (χ0n) is 40.7. The van der Waals surface area contributed by atoms with E-state index in [4.69, 9.17) is 34.4 Å². The molecule has 50 heavy (non-hydrogen) atoms. The van der Waals surface area contributed by atoms with Gasteiger partial charge in [0, 0.05) is 38.2 Å². The number of rotatable bonds is 5. The lowest BCUT2D eigenvalue weighted by molar-refractivity contribution is 0.669. The van der Waals surface area contributed by atoms with E-state index in [1.54, 1.807) is 48.5 Å². The van der Waals surface area contributed by atoms with Crippen LogP contribution in [0.1, 0.15) is 20.6 Å². The highest BCUT2D eigenvalue weighted by Gasteiger charge is 2.20. The quantitative estimate of drug-likeness (QED) is 0.185. The summed E-state index contributed by atoms with van der Waals surface area (Å²) in [7, 11) is 0. The van der Waals surface area contributed by atoms with Gasteiger partial charge < -0.3 is 8.98 Å². The van der Waals surface area contributed by atoms with Crippen LogP contribution in [-0.4, -0.2) is 19.5 Å². The van der Waals surface area contributed by atoms with Gasteiger partial charge in [-0.15, -0.1) is 0 Å². The highest BCUT2D eigenvalue weighted by Crippen LogP contribution is 2.39. The molecule has 0 unspecified atom stereocenters. The molecule has 10 rings (SSSR count). The fraction of sp³-hybridized carbons (Fsp3) is 0. The topological polar surface area (TPSA) is 56.7 Å². The average molecular weight is 656 g/mol. The van der Waals surface area contributed by atoms with E-state index in [0.717, 1.165) is 0 Å². The number of aromatic nitrogens is 4. The van der Waals surface area contributed by atoms with Crippen molar-refractivity contribution in [2.45, 2.75) is 0 Å². The molecule has 0 aliphatic heterocycles. The Morgan fingerprint density at radius 1 is 0.460 bits per heavy atom. The Hall–Kier alpha value is -6.85. The minimum atomic E-state index is -0.628. The monoisotopic (exact) mass is 655 g/mol. The molecule has 0 amide bonds. The molecule has 0 saturated carbocycles. The largest absolute Gasteiger partial charge is 0.456 e. The zero-order valence-corrected chi connectivity index (χ0v) is 25.7. The standard InChI is InChI=1S/C45H28N4O/c1-3-13-29(14-4-1)43-46-44(30-15-5-2-6-16-30)48-45(47-43)37-28-31(32-24-26-42-36(27-32)35-19-9-12-22-41(35)50-42)23-25-40(37)49-38-20-10-7-17-33(38)34-18-8-11-21-39(34)49/h1-28H/i7D,8D,9D,10D,11D,12D,17D,18D,19D,20D,21D,22D,24D,26D,27D. The van der Waals surface area contributed by atoms with Crippen molar-refractivity contribution in [3.8, 4) is 51.0 Å². The molecule has 3 heterocycles. The second-order valence-electron chi connectivity index (χ2n) is 11.3. The van der Waals surface area contributed by atoms with Crippen LogP contribution in [0.25, 0.3) is 94.7 Å². The van der Waals surface area contributed by atoms with E-state index >= 15 is 0 Å². The van der Waals surface area contributed by atoms with Crippen LogP contribution < -0.4 is 0 Å². The molecular formula is C45H28N4O. The normalized spacial score (nSPS) is 15.8. The zero-order chi connectivity index (χ0) is 46.1. The van der Waals surface area contributed by atoms with E-state index in [1.807, 2.05) is 12.1 Å². The summed E-state index contributed by atoms with van der Waals surface area (Å²) in [5, 5.41) is -0.600. The number of para-hydroxylation sites is 3. The number of hydrogen-bond acceptors (Lipinski definition) is 4.